The lowest BCUT2D eigenvalue weighted by Gasteiger charge is -2.34. The molecule has 2 atom stereocenters. The molecule has 0 unspecified atom stereocenters. The molecular weight excluding hydrogens is 270 g/mol. The quantitative estimate of drug-likeness (QED) is 0.834. The largest absolute Gasteiger partial charge is 0.282 e. The molecule has 1 aromatic rings. The van der Waals surface area contributed by atoms with Gasteiger partial charge in [-0.15, -0.1) is 0 Å². The van der Waals surface area contributed by atoms with Gasteiger partial charge in [-0.05, 0) is 42.7 Å². The molecule has 0 spiro atoms. The van der Waals surface area contributed by atoms with Crippen molar-refractivity contribution in [2.45, 2.75) is 44.9 Å². The monoisotopic (exact) mass is 291 g/mol. The minimum absolute atomic E-state index is 0.0699. The fourth-order valence-corrected chi connectivity index (χ4v) is 5.03. The van der Waals surface area contributed by atoms with Crippen LogP contribution >= 0.6 is 0 Å². The van der Waals surface area contributed by atoms with Gasteiger partial charge in [0.2, 0.25) is 0 Å². The van der Waals surface area contributed by atoms with E-state index in [0.29, 0.717) is 5.92 Å². The SMILES string of the molecule is CC1(C)[C@@H]2CC[C@@]1(C)/C(=N/S(=O)(=O)c1ccccc1)C2. The Morgan fingerprint density at radius 1 is 1.15 bits per heavy atom. The Morgan fingerprint density at radius 2 is 1.80 bits per heavy atom. The Bertz CT molecular complexity index is 661. The second-order valence-corrected chi connectivity index (χ2v) is 8.42. The van der Waals surface area contributed by atoms with Gasteiger partial charge in [0.1, 0.15) is 0 Å². The molecule has 0 aromatic heterocycles. The predicted octanol–water partition coefficient (Wildman–Crippen LogP) is 3.66. The van der Waals surface area contributed by atoms with Crippen molar-refractivity contribution < 1.29 is 8.42 Å². The number of hydrogen-bond acceptors (Lipinski definition) is 2. The molecule has 3 rings (SSSR count). The molecule has 0 saturated heterocycles. The van der Waals surface area contributed by atoms with Crippen molar-refractivity contribution in [2.75, 3.05) is 0 Å². The van der Waals surface area contributed by atoms with E-state index in [9.17, 15) is 8.42 Å². The third-order valence-electron chi connectivity index (χ3n) is 5.78. The molecule has 0 amide bonds. The van der Waals surface area contributed by atoms with Crippen molar-refractivity contribution in [3.63, 3.8) is 0 Å². The zero-order valence-corrected chi connectivity index (χ0v) is 13.1. The van der Waals surface area contributed by atoms with Crippen molar-refractivity contribution in [2.24, 2.45) is 21.1 Å². The summed E-state index contributed by atoms with van der Waals surface area (Å²) < 4.78 is 29.1. The van der Waals surface area contributed by atoms with Crippen LogP contribution in [0.15, 0.2) is 39.6 Å². The van der Waals surface area contributed by atoms with Crippen LogP contribution in [0.25, 0.3) is 0 Å². The molecule has 20 heavy (non-hydrogen) atoms. The molecule has 4 heteroatoms. The summed E-state index contributed by atoms with van der Waals surface area (Å²) in [6.45, 7) is 6.68. The lowest BCUT2D eigenvalue weighted by molar-refractivity contribution is 0.194. The topological polar surface area (TPSA) is 46.5 Å². The Labute approximate surface area is 121 Å². The van der Waals surface area contributed by atoms with Gasteiger partial charge in [0.15, 0.2) is 0 Å². The fourth-order valence-electron chi connectivity index (χ4n) is 3.86. The molecule has 2 aliphatic carbocycles. The summed E-state index contributed by atoms with van der Waals surface area (Å²) in [6.07, 6.45) is 3.07. The van der Waals surface area contributed by atoms with Crippen LogP contribution in [0.1, 0.15) is 40.0 Å². The van der Waals surface area contributed by atoms with E-state index in [1.807, 2.05) is 6.07 Å². The summed E-state index contributed by atoms with van der Waals surface area (Å²) >= 11 is 0. The van der Waals surface area contributed by atoms with Crippen LogP contribution in [0.2, 0.25) is 0 Å². The maximum atomic E-state index is 12.4. The maximum Gasteiger partial charge on any atom is 0.282 e. The Morgan fingerprint density at radius 3 is 2.30 bits per heavy atom. The average Bonchev–Trinajstić information content (AvgIpc) is 2.72. The molecule has 0 aliphatic heterocycles. The molecule has 2 fully saturated rings. The fraction of sp³-hybridized carbons (Fsp3) is 0.562. The second kappa shape index (κ2) is 4.17. The summed E-state index contributed by atoms with van der Waals surface area (Å²) in [5, 5.41) is 0. The van der Waals surface area contributed by atoms with E-state index >= 15 is 0 Å². The van der Waals surface area contributed by atoms with Crippen LogP contribution in [0, 0.1) is 16.7 Å². The number of sulfonamides is 1. The van der Waals surface area contributed by atoms with E-state index in [4.69, 9.17) is 0 Å². The van der Waals surface area contributed by atoms with E-state index in [-0.39, 0.29) is 15.7 Å². The van der Waals surface area contributed by atoms with Gasteiger partial charge in [0.05, 0.1) is 4.90 Å². The highest BCUT2D eigenvalue weighted by atomic mass is 32.2. The van der Waals surface area contributed by atoms with Crippen LogP contribution in [0.5, 0.6) is 0 Å². The number of rotatable bonds is 2. The Balaban J connectivity index is 2.03. The van der Waals surface area contributed by atoms with Gasteiger partial charge in [0.25, 0.3) is 10.0 Å². The van der Waals surface area contributed by atoms with Crippen molar-refractivity contribution in [1.29, 1.82) is 0 Å². The highest BCUT2D eigenvalue weighted by Gasteiger charge is 2.60. The molecule has 0 N–H and O–H groups in total. The van der Waals surface area contributed by atoms with E-state index in [0.717, 1.165) is 18.6 Å². The lowest BCUT2D eigenvalue weighted by atomic mass is 9.70. The van der Waals surface area contributed by atoms with Crippen LogP contribution in [0.3, 0.4) is 0 Å². The van der Waals surface area contributed by atoms with E-state index in [2.05, 4.69) is 25.2 Å². The zero-order chi connectivity index (χ0) is 14.6. The molecular formula is C16H21NO2S. The number of hydrogen-bond donors (Lipinski definition) is 0. The van der Waals surface area contributed by atoms with Crippen molar-refractivity contribution in [3.05, 3.63) is 30.3 Å². The highest BCUT2D eigenvalue weighted by Crippen LogP contribution is 2.64. The van der Waals surface area contributed by atoms with Gasteiger partial charge >= 0.3 is 0 Å². The molecule has 0 radical (unpaired) electrons. The zero-order valence-electron chi connectivity index (χ0n) is 12.3. The van der Waals surface area contributed by atoms with Gasteiger partial charge in [-0.1, -0.05) is 39.0 Å². The van der Waals surface area contributed by atoms with Crippen LogP contribution in [-0.2, 0) is 10.0 Å². The molecule has 2 saturated carbocycles. The van der Waals surface area contributed by atoms with Gasteiger partial charge in [-0.3, -0.25) is 0 Å². The van der Waals surface area contributed by atoms with Gasteiger partial charge < -0.3 is 0 Å². The summed E-state index contributed by atoms with van der Waals surface area (Å²) in [4.78, 5) is 0.289. The lowest BCUT2D eigenvalue weighted by Crippen LogP contribution is -2.33. The standard InChI is InChI=1S/C16H21NO2S/c1-15(2)12-9-10-16(15,3)14(11-12)17-20(18,19)13-7-5-4-6-8-13/h4-8,12H,9-11H2,1-3H3/b17-14+/t12-,16+/m1/s1. The molecule has 0 heterocycles. The summed E-state index contributed by atoms with van der Waals surface area (Å²) in [5.41, 5.74) is 0.958. The van der Waals surface area contributed by atoms with Crippen molar-refractivity contribution in [3.8, 4) is 0 Å². The summed E-state index contributed by atoms with van der Waals surface area (Å²) in [7, 11) is -3.57. The molecule has 2 bridgehead atoms. The second-order valence-electron chi connectivity index (χ2n) is 6.82. The van der Waals surface area contributed by atoms with Crippen LogP contribution in [-0.4, -0.2) is 14.1 Å². The Kier molecular flexibility index (Phi) is 2.88. The first-order valence-electron chi connectivity index (χ1n) is 7.17. The van der Waals surface area contributed by atoms with Crippen LogP contribution in [0.4, 0.5) is 0 Å². The highest BCUT2D eigenvalue weighted by molar-refractivity contribution is 7.90. The summed E-state index contributed by atoms with van der Waals surface area (Å²) in [5.74, 6) is 0.567. The first-order valence-corrected chi connectivity index (χ1v) is 8.61. The van der Waals surface area contributed by atoms with Crippen LogP contribution < -0.4 is 0 Å². The predicted molar refractivity (Wildman–Crippen MR) is 80.3 cm³/mol. The first-order chi connectivity index (χ1) is 9.27. The maximum absolute atomic E-state index is 12.4. The Hall–Kier alpha value is -1.16. The van der Waals surface area contributed by atoms with Gasteiger partial charge in [0, 0.05) is 11.1 Å². The third-order valence-corrected chi connectivity index (χ3v) is 7.11. The molecule has 108 valence electrons. The first kappa shape index (κ1) is 13.8. The number of fused-ring (bicyclic) bond motifs is 2. The normalized spacial score (nSPS) is 33.8. The molecule has 2 aliphatic rings. The smallest absolute Gasteiger partial charge is 0.199 e. The molecule has 3 nitrogen and oxygen atoms in total. The minimum atomic E-state index is -3.57. The average molecular weight is 291 g/mol. The van der Waals surface area contributed by atoms with Crippen molar-refractivity contribution in [1.82, 2.24) is 0 Å². The van der Waals surface area contributed by atoms with E-state index in [1.165, 1.54) is 6.42 Å². The number of nitrogens with zero attached hydrogens (tertiary/aromatic N) is 1. The number of benzene rings is 1. The van der Waals surface area contributed by atoms with E-state index in [1.54, 1.807) is 24.3 Å². The van der Waals surface area contributed by atoms with Gasteiger partial charge in [-0.25, -0.2) is 0 Å². The minimum Gasteiger partial charge on any atom is -0.199 e. The van der Waals surface area contributed by atoms with Crippen molar-refractivity contribution >= 4 is 15.7 Å². The summed E-state index contributed by atoms with van der Waals surface area (Å²) in [6, 6.07) is 8.51. The van der Waals surface area contributed by atoms with Gasteiger partial charge in [-0.2, -0.15) is 12.8 Å². The molecule has 1 aromatic carbocycles. The van der Waals surface area contributed by atoms with E-state index < -0.39 is 10.0 Å². The third kappa shape index (κ3) is 1.77.